The van der Waals surface area contributed by atoms with Crippen molar-refractivity contribution in [1.82, 2.24) is 14.8 Å². The van der Waals surface area contributed by atoms with Crippen molar-refractivity contribution in [1.29, 1.82) is 0 Å². The average Bonchev–Trinajstić information content (AvgIpc) is 3.03. The molecular formula is C20H21BrN4OS2. The summed E-state index contributed by atoms with van der Waals surface area (Å²) in [6.45, 7) is 2.09. The highest BCUT2D eigenvalue weighted by atomic mass is 79.9. The lowest BCUT2D eigenvalue weighted by Gasteiger charge is -2.06. The molecule has 0 spiro atoms. The van der Waals surface area contributed by atoms with E-state index >= 15 is 0 Å². The van der Waals surface area contributed by atoms with Crippen molar-refractivity contribution in [3.05, 3.63) is 70.0 Å². The molecule has 5 nitrogen and oxygen atoms in total. The molecular weight excluding hydrogens is 456 g/mol. The Bertz CT molecular complexity index is 926. The zero-order valence-corrected chi connectivity index (χ0v) is 18.9. The van der Waals surface area contributed by atoms with Gasteiger partial charge in [-0.2, -0.15) is 0 Å². The lowest BCUT2D eigenvalue weighted by molar-refractivity contribution is -0.113. The lowest BCUT2D eigenvalue weighted by atomic mass is 10.2. The summed E-state index contributed by atoms with van der Waals surface area (Å²) in [6, 6.07) is 16.1. The molecule has 0 radical (unpaired) electrons. The minimum absolute atomic E-state index is 0.0642. The SMILES string of the molecule is Cc1ccc(CSCc2nnc(SCC(=O)Nc3ccc(Br)cc3)n2C)cc1. The van der Waals surface area contributed by atoms with Crippen LogP contribution in [0.3, 0.4) is 0 Å². The maximum Gasteiger partial charge on any atom is 0.234 e. The van der Waals surface area contributed by atoms with Crippen molar-refractivity contribution in [3.8, 4) is 0 Å². The average molecular weight is 477 g/mol. The Morgan fingerprint density at radius 2 is 1.79 bits per heavy atom. The van der Waals surface area contributed by atoms with Gasteiger partial charge >= 0.3 is 0 Å². The topological polar surface area (TPSA) is 59.8 Å². The summed E-state index contributed by atoms with van der Waals surface area (Å²) in [5, 5.41) is 12.1. The summed E-state index contributed by atoms with van der Waals surface area (Å²) < 4.78 is 2.94. The van der Waals surface area contributed by atoms with Gasteiger partial charge in [-0.15, -0.1) is 22.0 Å². The fourth-order valence-electron chi connectivity index (χ4n) is 2.40. The van der Waals surface area contributed by atoms with Crippen molar-refractivity contribution in [3.63, 3.8) is 0 Å². The molecule has 0 aliphatic carbocycles. The van der Waals surface area contributed by atoms with Crippen LogP contribution >= 0.6 is 39.5 Å². The first-order chi connectivity index (χ1) is 13.5. The molecule has 0 atom stereocenters. The molecule has 0 aliphatic rings. The molecule has 0 fully saturated rings. The van der Waals surface area contributed by atoms with Gasteiger partial charge in [-0.25, -0.2) is 0 Å². The molecule has 1 N–H and O–H groups in total. The van der Waals surface area contributed by atoms with Gasteiger partial charge in [-0.3, -0.25) is 4.79 Å². The van der Waals surface area contributed by atoms with E-state index in [1.165, 1.54) is 22.9 Å². The fraction of sp³-hybridized carbons (Fsp3) is 0.250. The number of carbonyl (C=O) groups is 1. The molecule has 28 heavy (non-hydrogen) atoms. The zero-order valence-electron chi connectivity index (χ0n) is 15.7. The maximum absolute atomic E-state index is 12.1. The van der Waals surface area contributed by atoms with Gasteiger partial charge < -0.3 is 9.88 Å². The van der Waals surface area contributed by atoms with E-state index in [0.29, 0.717) is 5.75 Å². The van der Waals surface area contributed by atoms with Gasteiger partial charge in [-0.1, -0.05) is 57.5 Å². The normalized spacial score (nSPS) is 10.8. The van der Waals surface area contributed by atoms with E-state index < -0.39 is 0 Å². The zero-order chi connectivity index (χ0) is 19.9. The lowest BCUT2D eigenvalue weighted by Crippen LogP contribution is -2.14. The summed E-state index contributed by atoms with van der Waals surface area (Å²) in [6.07, 6.45) is 0. The first kappa shape index (κ1) is 21.0. The molecule has 1 aromatic heterocycles. The van der Waals surface area contributed by atoms with Gasteiger partial charge in [0.25, 0.3) is 0 Å². The highest BCUT2D eigenvalue weighted by Gasteiger charge is 2.12. The van der Waals surface area contributed by atoms with Gasteiger partial charge in [0.2, 0.25) is 5.91 Å². The van der Waals surface area contributed by atoms with Crippen molar-refractivity contribution >= 4 is 51.0 Å². The van der Waals surface area contributed by atoms with E-state index in [1.54, 1.807) is 11.8 Å². The molecule has 0 saturated carbocycles. The summed E-state index contributed by atoms with van der Waals surface area (Å²) >= 11 is 6.57. The number of rotatable bonds is 8. The van der Waals surface area contributed by atoms with Crippen molar-refractivity contribution in [2.24, 2.45) is 7.05 Å². The molecule has 0 saturated heterocycles. The van der Waals surface area contributed by atoms with Crippen LogP contribution in [0.25, 0.3) is 0 Å². The molecule has 2 aromatic carbocycles. The number of nitrogens with one attached hydrogen (secondary N) is 1. The van der Waals surface area contributed by atoms with E-state index in [-0.39, 0.29) is 5.91 Å². The Hall–Kier alpha value is -1.77. The van der Waals surface area contributed by atoms with E-state index in [0.717, 1.165) is 32.6 Å². The number of nitrogens with zero attached hydrogens (tertiary/aromatic N) is 3. The van der Waals surface area contributed by atoms with Gasteiger partial charge in [0, 0.05) is 23.0 Å². The standard InChI is InChI=1S/C20H21BrN4OS2/c1-14-3-5-15(6-4-14)11-27-12-18-23-24-20(25(18)2)28-13-19(26)22-17-9-7-16(21)8-10-17/h3-10H,11-13H2,1-2H3,(H,22,26). The molecule has 0 bridgehead atoms. The van der Waals surface area contributed by atoms with Crippen LogP contribution in [0.4, 0.5) is 5.69 Å². The highest BCUT2D eigenvalue weighted by molar-refractivity contribution is 9.10. The molecule has 3 rings (SSSR count). The summed E-state index contributed by atoms with van der Waals surface area (Å²) in [5.74, 6) is 2.85. The second-order valence-electron chi connectivity index (χ2n) is 6.28. The Morgan fingerprint density at radius 1 is 1.07 bits per heavy atom. The molecule has 0 aliphatic heterocycles. The Morgan fingerprint density at radius 3 is 2.50 bits per heavy atom. The van der Waals surface area contributed by atoms with E-state index in [4.69, 9.17) is 0 Å². The van der Waals surface area contributed by atoms with Crippen molar-refractivity contribution in [2.75, 3.05) is 11.1 Å². The predicted octanol–water partition coefficient (Wildman–Crippen LogP) is 5.05. The number of aromatic nitrogens is 3. The number of benzene rings is 2. The first-order valence-electron chi connectivity index (χ1n) is 8.71. The van der Waals surface area contributed by atoms with E-state index in [9.17, 15) is 4.79 Å². The smallest absolute Gasteiger partial charge is 0.234 e. The summed E-state index contributed by atoms with van der Waals surface area (Å²) in [7, 11) is 1.94. The molecule has 0 unspecified atom stereocenters. The quantitative estimate of drug-likeness (QED) is 0.460. The monoisotopic (exact) mass is 476 g/mol. The fourth-order valence-corrected chi connectivity index (χ4v) is 4.36. The second kappa shape index (κ2) is 10.1. The molecule has 1 heterocycles. The summed E-state index contributed by atoms with van der Waals surface area (Å²) in [5.41, 5.74) is 3.35. The van der Waals surface area contributed by atoms with Crippen LogP contribution in [0, 0.1) is 6.92 Å². The van der Waals surface area contributed by atoms with Crippen LogP contribution in [0.15, 0.2) is 58.2 Å². The van der Waals surface area contributed by atoms with E-state index in [2.05, 4.69) is 62.6 Å². The number of amides is 1. The van der Waals surface area contributed by atoms with E-state index in [1.807, 2.05) is 35.9 Å². The number of thioether (sulfide) groups is 2. The Kier molecular flexibility index (Phi) is 7.58. The third kappa shape index (κ3) is 6.12. The van der Waals surface area contributed by atoms with Crippen molar-refractivity contribution < 1.29 is 4.79 Å². The first-order valence-corrected chi connectivity index (χ1v) is 11.6. The molecule has 1 amide bonds. The summed E-state index contributed by atoms with van der Waals surface area (Å²) in [4.78, 5) is 12.1. The largest absolute Gasteiger partial charge is 0.325 e. The van der Waals surface area contributed by atoms with Gasteiger partial charge in [-0.05, 0) is 36.8 Å². The van der Waals surface area contributed by atoms with Crippen LogP contribution in [0.1, 0.15) is 17.0 Å². The third-order valence-electron chi connectivity index (χ3n) is 4.01. The van der Waals surface area contributed by atoms with Gasteiger partial charge in [0.15, 0.2) is 5.16 Å². The van der Waals surface area contributed by atoms with Crippen LogP contribution in [0.5, 0.6) is 0 Å². The predicted molar refractivity (Wildman–Crippen MR) is 121 cm³/mol. The van der Waals surface area contributed by atoms with Gasteiger partial charge in [0.05, 0.1) is 11.5 Å². The number of hydrogen-bond acceptors (Lipinski definition) is 5. The van der Waals surface area contributed by atoms with Crippen LogP contribution in [0.2, 0.25) is 0 Å². The van der Waals surface area contributed by atoms with Crippen LogP contribution < -0.4 is 5.32 Å². The molecule has 3 aromatic rings. The Balaban J connectivity index is 1.46. The number of anilines is 1. The second-order valence-corrected chi connectivity index (χ2v) is 9.12. The van der Waals surface area contributed by atoms with Crippen molar-refractivity contribution in [2.45, 2.75) is 23.6 Å². The minimum atomic E-state index is -0.0642. The third-order valence-corrected chi connectivity index (χ3v) is 6.55. The molecule has 146 valence electrons. The van der Waals surface area contributed by atoms with Gasteiger partial charge in [0.1, 0.15) is 5.82 Å². The van der Waals surface area contributed by atoms with Crippen LogP contribution in [-0.2, 0) is 23.3 Å². The van der Waals surface area contributed by atoms with Crippen LogP contribution in [-0.4, -0.2) is 26.4 Å². The Labute approximate surface area is 181 Å². The number of aryl methyl sites for hydroxylation is 1. The number of halogens is 1. The highest BCUT2D eigenvalue weighted by Crippen LogP contribution is 2.21. The minimum Gasteiger partial charge on any atom is -0.325 e. The number of carbonyl (C=O) groups excluding carboxylic acids is 1. The maximum atomic E-state index is 12.1. The number of hydrogen-bond donors (Lipinski definition) is 1. The molecule has 8 heteroatoms.